The summed E-state index contributed by atoms with van der Waals surface area (Å²) in [5, 5.41) is 1.27. The van der Waals surface area contributed by atoms with Crippen molar-refractivity contribution in [1.82, 2.24) is 0 Å². The van der Waals surface area contributed by atoms with Gasteiger partial charge in [-0.2, -0.15) is 0 Å². The topological polar surface area (TPSA) is 17.1 Å². The molecule has 0 aliphatic heterocycles. The van der Waals surface area contributed by atoms with Crippen molar-refractivity contribution in [3.63, 3.8) is 0 Å². The molecule has 2 heterocycles. The maximum absolute atomic E-state index is 11.3. The molecular weight excluding hydrogens is 248 g/mol. The number of thiophene rings is 2. The van der Waals surface area contributed by atoms with E-state index >= 15 is 0 Å². The Morgan fingerprint density at radius 3 is 2.53 bits per heavy atom. The van der Waals surface area contributed by atoms with Gasteiger partial charge in [0.25, 0.3) is 0 Å². The standard InChI is InChI=1S/C14H10OS2/c1-9(15)11-6-7-13(16-11)14-8-10-4-2-3-5-12(10)17-14/h2-8H,1H3. The molecule has 0 atom stereocenters. The number of ketones is 1. The lowest BCUT2D eigenvalue weighted by atomic mass is 10.2. The number of fused-ring (bicyclic) bond motifs is 1. The Morgan fingerprint density at radius 2 is 1.82 bits per heavy atom. The number of benzene rings is 1. The summed E-state index contributed by atoms with van der Waals surface area (Å²) in [5.41, 5.74) is 0. The summed E-state index contributed by atoms with van der Waals surface area (Å²) in [4.78, 5) is 14.5. The van der Waals surface area contributed by atoms with Crippen molar-refractivity contribution in [2.75, 3.05) is 0 Å². The number of Topliss-reactive ketones (excluding diaryl/α,β-unsaturated/α-hetero) is 1. The molecule has 0 aliphatic rings. The van der Waals surface area contributed by atoms with Crippen molar-refractivity contribution < 1.29 is 4.79 Å². The minimum atomic E-state index is 0.141. The van der Waals surface area contributed by atoms with Crippen LogP contribution in [0.5, 0.6) is 0 Å². The molecule has 84 valence electrons. The van der Waals surface area contributed by atoms with Crippen molar-refractivity contribution in [1.29, 1.82) is 0 Å². The highest BCUT2D eigenvalue weighted by atomic mass is 32.1. The SMILES string of the molecule is CC(=O)c1ccc(-c2cc3ccccc3s2)s1. The lowest BCUT2D eigenvalue weighted by Gasteiger charge is -1.88. The Labute approximate surface area is 107 Å². The predicted molar refractivity (Wildman–Crippen MR) is 75.1 cm³/mol. The minimum Gasteiger partial charge on any atom is -0.294 e. The highest BCUT2D eigenvalue weighted by Crippen LogP contribution is 2.37. The second kappa shape index (κ2) is 4.09. The van der Waals surface area contributed by atoms with Gasteiger partial charge in [0, 0.05) is 14.5 Å². The number of hydrogen-bond donors (Lipinski definition) is 0. The molecule has 0 N–H and O–H groups in total. The molecule has 0 bridgehead atoms. The van der Waals surface area contributed by atoms with Gasteiger partial charge in [-0.1, -0.05) is 18.2 Å². The summed E-state index contributed by atoms with van der Waals surface area (Å²) in [6, 6.07) is 14.5. The van der Waals surface area contributed by atoms with Crippen LogP contribution in [0.15, 0.2) is 42.5 Å². The van der Waals surface area contributed by atoms with Crippen LogP contribution >= 0.6 is 22.7 Å². The molecule has 0 amide bonds. The van der Waals surface area contributed by atoms with Crippen LogP contribution in [-0.4, -0.2) is 5.78 Å². The normalized spacial score (nSPS) is 10.9. The Kier molecular flexibility index (Phi) is 2.57. The van der Waals surface area contributed by atoms with Crippen molar-refractivity contribution in [2.24, 2.45) is 0 Å². The van der Waals surface area contributed by atoms with Crippen LogP contribution < -0.4 is 0 Å². The molecule has 2 aromatic heterocycles. The largest absolute Gasteiger partial charge is 0.294 e. The van der Waals surface area contributed by atoms with E-state index in [2.05, 4.69) is 24.3 Å². The molecule has 0 radical (unpaired) electrons. The van der Waals surface area contributed by atoms with Gasteiger partial charge in [-0.25, -0.2) is 0 Å². The van der Waals surface area contributed by atoms with E-state index in [0.717, 1.165) is 4.88 Å². The van der Waals surface area contributed by atoms with Gasteiger partial charge in [0.05, 0.1) is 4.88 Å². The van der Waals surface area contributed by atoms with Crippen LogP contribution in [0.4, 0.5) is 0 Å². The summed E-state index contributed by atoms with van der Waals surface area (Å²) < 4.78 is 1.29. The quantitative estimate of drug-likeness (QED) is 0.601. The summed E-state index contributed by atoms with van der Waals surface area (Å²) in [7, 11) is 0. The van der Waals surface area contributed by atoms with E-state index < -0.39 is 0 Å². The molecule has 0 aliphatic carbocycles. The van der Waals surface area contributed by atoms with Crippen molar-refractivity contribution in [2.45, 2.75) is 6.92 Å². The van der Waals surface area contributed by atoms with Gasteiger partial charge in [0.1, 0.15) is 0 Å². The molecule has 0 saturated heterocycles. The number of rotatable bonds is 2. The van der Waals surface area contributed by atoms with Gasteiger partial charge in [0.15, 0.2) is 5.78 Å². The molecule has 1 aromatic carbocycles. The smallest absolute Gasteiger partial charge is 0.169 e. The van der Waals surface area contributed by atoms with Gasteiger partial charge >= 0.3 is 0 Å². The predicted octanol–water partition coefficient (Wildman–Crippen LogP) is 4.83. The zero-order valence-corrected chi connectivity index (χ0v) is 10.9. The third-order valence-corrected chi connectivity index (χ3v) is 5.12. The van der Waals surface area contributed by atoms with E-state index in [1.54, 1.807) is 29.6 Å². The minimum absolute atomic E-state index is 0.141. The highest BCUT2D eigenvalue weighted by molar-refractivity contribution is 7.26. The lowest BCUT2D eigenvalue weighted by molar-refractivity contribution is 0.102. The zero-order valence-electron chi connectivity index (χ0n) is 9.27. The van der Waals surface area contributed by atoms with E-state index in [1.807, 2.05) is 18.2 Å². The molecule has 0 fully saturated rings. The first-order chi connectivity index (χ1) is 8.24. The van der Waals surface area contributed by atoms with E-state index in [4.69, 9.17) is 0 Å². The first-order valence-electron chi connectivity index (χ1n) is 5.34. The monoisotopic (exact) mass is 258 g/mol. The number of hydrogen-bond acceptors (Lipinski definition) is 3. The third-order valence-electron chi connectivity index (χ3n) is 2.62. The second-order valence-corrected chi connectivity index (χ2v) is 6.04. The van der Waals surface area contributed by atoms with Crippen molar-refractivity contribution in [3.05, 3.63) is 47.3 Å². The van der Waals surface area contributed by atoms with Crippen LogP contribution in [0.3, 0.4) is 0 Å². The lowest BCUT2D eigenvalue weighted by Crippen LogP contribution is -1.83. The first kappa shape index (κ1) is 10.7. The Bertz CT molecular complexity index is 658. The van der Waals surface area contributed by atoms with Gasteiger partial charge in [0.2, 0.25) is 0 Å². The highest BCUT2D eigenvalue weighted by Gasteiger charge is 2.08. The first-order valence-corrected chi connectivity index (χ1v) is 6.97. The molecule has 0 unspecified atom stereocenters. The average molecular weight is 258 g/mol. The molecule has 3 rings (SSSR count). The Morgan fingerprint density at radius 1 is 1.00 bits per heavy atom. The molecule has 3 heteroatoms. The fraction of sp³-hybridized carbons (Fsp3) is 0.0714. The van der Waals surface area contributed by atoms with E-state index in [9.17, 15) is 4.79 Å². The number of carbonyl (C=O) groups excluding carboxylic acids is 1. The van der Waals surface area contributed by atoms with Gasteiger partial charge in [-0.15, -0.1) is 22.7 Å². The van der Waals surface area contributed by atoms with Crippen LogP contribution in [0.1, 0.15) is 16.6 Å². The maximum atomic E-state index is 11.3. The molecular formula is C14H10OS2. The molecule has 0 saturated carbocycles. The van der Waals surface area contributed by atoms with Gasteiger partial charge in [-0.05, 0) is 36.6 Å². The van der Waals surface area contributed by atoms with E-state index in [1.165, 1.54) is 19.8 Å². The molecule has 1 nitrogen and oxygen atoms in total. The van der Waals surface area contributed by atoms with Crippen LogP contribution in [0.25, 0.3) is 19.8 Å². The van der Waals surface area contributed by atoms with Crippen molar-refractivity contribution in [3.8, 4) is 9.75 Å². The Hall–Kier alpha value is -1.45. The third kappa shape index (κ3) is 1.92. The molecule has 0 spiro atoms. The summed E-state index contributed by atoms with van der Waals surface area (Å²) >= 11 is 3.34. The second-order valence-electron chi connectivity index (χ2n) is 3.87. The van der Waals surface area contributed by atoms with Crippen LogP contribution in [0.2, 0.25) is 0 Å². The zero-order chi connectivity index (χ0) is 11.8. The van der Waals surface area contributed by atoms with Crippen LogP contribution in [0, 0.1) is 0 Å². The van der Waals surface area contributed by atoms with Gasteiger partial charge < -0.3 is 0 Å². The molecule has 17 heavy (non-hydrogen) atoms. The van der Waals surface area contributed by atoms with Gasteiger partial charge in [-0.3, -0.25) is 4.79 Å². The average Bonchev–Trinajstić information content (AvgIpc) is 2.95. The fourth-order valence-corrected chi connectivity index (χ4v) is 3.81. The maximum Gasteiger partial charge on any atom is 0.169 e. The fourth-order valence-electron chi connectivity index (χ4n) is 1.76. The molecule has 3 aromatic rings. The van der Waals surface area contributed by atoms with Crippen LogP contribution in [-0.2, 0) is 0 Å². The van der Waals surface area contributed by atoms with E-state index in [-0.39, 0.29) is 5.78 Å². The summed E-state index contributed by atoms with van der Waals surface area (Å²) in [5.74, 6) is 0.141. The van der Waals surface area contributed by atoms with Crippen molar-refractivity contribution >= 4 is 38.5 Å². The summed E-state index contributed by atoms with van der Waals surface area (Å²) in [6.45, 7) is 1.61. The van der Waals surface area contributed by atoms with E-state index in [0.29, 0.717) is 0 Å². The number of carbonyl (C=O) groups is 1. The summed E-state index contributed by atoms with van der Waals surface area (Å²) in [6.07, 6.45) is 0. The Balaban J connectivity index is 2.10.